The van der Waals surface area contributed by atoms with E-state index in [0.717, 1.165) is 30.5 Å². The van der Waals surface area contributed by atoms with Crippen molar-refractivity contribution in [2.75, 3.05) is 16.3 Å². The lowest BCUT2D eigenvalue weighted by Crippen LogP contribution is -2.33. The number of para-hydroxylation sites is 2. The fourth-order valence-electron chi connectivity index (χ4n) is 6.48. The van der Waals surface area contributed by atoms with Crippen molar-refractivity contribution < 1.29 is 23.9 Å². The highest BCUT2D eigenvalue weighted by atomic mass is 16.5. The van der Waals surface area contributed by atoms with Crippen LogP contribution in [0.4, 0.5) is 11.4 Å². The molecular weight excluding hydrogens is 432 g/mol. The number of fused-ring (bicyclic) bond motifs is 5. The highest BCUT2D eigenvalue weighted by molar-refractivity contribution is 6.23. The summed E-state index contributed by atoms with van der Waals surface area (Å²) in [4.78, 5) is 55.0. The maximum atomic E-state index is 13.3. The Morgan fingerprint density at radius 3 is 2.35 bits per heavy atom. The Kier molecular flexibility index (Phi) is 4.83. The minimum Gasteiger partial charge on any atom is -0.424 e. The van der Waals surface area contributed by atoms with Gasteiger partial charge in [-0.05, 0) is 67.9 Å². The predicted octanol–water partition coefficient (Wildman–Crippen LogP) is 3.49. The molecule has 6 rings (SSSR count). The van der Waals surface area contributed by atoms with Crippen LogP contribution in [0.2, 0.25) is 0 Å². The van der Waals surface area contributed by atoms with Crippen molar-refractivity contribution in [3.63, 3.8) is 0 Å². The molecule has 4 fully saturated rings. The Morgan fingerprint density at radius 1 is 0.941 bits per heavy atom. The lowest BCUT2D eigenvalue weighted by Gasteiger charge is -2.21. The van der Waals surface area contributed by atoms with Crippen LogP contribution in [-0.2, 0) is 19.2 Å². The molecule has 2 aromatic carbocycles. The molecule has 174 valence electrons. The van der Waals surface area contributed by atoms with Crippen LogP contribution in [-0.4, -0.2) is 30.2 Å². The minimum atomic E-state index is -0.624. The van der Waals surface area contributed by atoms with Crippen molar-refractivity contribution in [2.24, 2.45) is 29.6 Å². The van der Waals surface area contributed by atoms with Gasteiger partial charge in [0.05, 0.1) is 23.4 Å². The second-order valence-electron chi connectivity index (χ2n) is 10.0. The molecule has 3 amide bonds. The molecule has 2 aliphatic carbocycles. The van der Waals surface area contributed by atoms with Crippen molar-refractivity contribution in [3.8, 4) is 5.75 Å². The van der Waals surface area contributed by atoms with Gasteiger partial charge in [0.2, 0.25) is 17.7 Å². The van der Waals surface area contributed by atoms with E-state index in [4.69, 9.17) is 4.74 Å². The summed E-state index contributed by atoms with van der Waals surface area (Å²) < 4.78 is 5.72. The van der Waals surface area contributed by atoms with Gasteiger partial charge in [0, 0.05) is 18.7 Å². The van der Waals surface area contributed by atoms with Gasteiger partial charge in [0.25, 0.3) is 0 Å². The maximum absolute atomic E-state index is 13.3. The monoisotopic (exact) mass is 458 g/mol. The largest absolute Gasteiger partial charge is 0.424 e. The maximum Gasteiger partial charge on any atom is 0.316 e. The van der Waals surface area contributed by atoms with Crippen molar-refractivity contribution in [1.29, 1.82) is 0 Å². The fourth-order valence-corrected chi connectivity index (χ4v) is 6.48. The number of esters is 1. The zero-order valence-electron chi connectivity index (χ0n) is 19.0. The number of aryl methyl sites for hydroxylation is 1. The first-order valence-electron chi connectivity index (χ1n) is 12.0. The van der Waals surface area contributed by atoms with Gasteiger partial charge in [0.1, 0.15) is 0 Å². The summed E-state index contributed by atoms with van der Waals surface area (Å²) in [6.45, 7) is 2.19. The first kappa shape index (κ1) is 21.1. The van der Waals surface area contributed by atoms with Gasteiger partial charge in [-0.2, -0.15) is 0 Å². The van der Waals surface area contributed by atoms with E-state index in [1.807, 2.05) is 31.2 Å². The molecule has 0 aromatic heterocycles. The normalized spacial score (nSPS) is 29.8. The number of ether oxygens (including phenoxy) is 1. The molecule has 4 aliphatic rings. The van der Waals surface area contributed by atoms with Crippen LogP contribution in [0.25, 0.3) is 0 Å². The Morgan fingerprint density at radius 2 is 1.65 bits per heavy atom. The molecule has 0 unspecified atom stereocenters. The standard InChI is InChI=1S/C27H26N2O5/c1-15-5-4-6-19(11-15)28-14-18(13-22(28)30)27(33)34-21-8-3-2-7-20(21)29-25(31)23-16-9-10-17(12-16)24(23)26(29)32/h2-8,11,16-18,23-24H,9-10,12-14H2,1H3/t16-,17-,18+,23-,24-/m0/s1. The van der Waals surface area contributed by atoms with Gasteiger partial charge in [-0.15, -0.1) is 0 Å². The number of rotatable bonds is 4. The van der Waals surface area contributed by atoms with Crippen LogP contribution in [0.3, 0.4) is 0 Å². The van der Waals surface area contributed by atoms with Crippen molar-refractivity contribution >= 4 is 35.1 Å². The third kappa shape index (κ3) is 3.17. The molecule has 0 radical (unpaired) electrons. The number of imide groups is 1. The van der Waals surface area contributed by atoms with Crippen molar-refractivity contribution in [2.45, 2.75) is 32.6 Å². The molecule has 7 nitrogen and oxygen atoms in total. The van der Waals surface area contributed by atoms with E-state index >= 15 is 0 Å². The van der Waals surface area contributed by atoms with Gasteiger partial charge in [-0.1, -0.05) is 24.3 Å². The van der Waals surface area contributed by atoms with Crippen LogP contribution in [0, 0.1) is 36.5 Å². The van der Waals surface area contributed by atoms with E-state index in [2.05, 4.69) is 0 Å². The van der Waals surface area contributed by atoms with Crippen molar-refractivity contribution in [1.82, 2.24) is 0 Å². The molecule has 2 saturated heterocycles. The molecule has 2 saturated carbocycles. The number of benzene rings is 2. The molecular formula is C27H26N2O5. The predicted molar refractivity (Wildman–Crippen MR) is 124 cm³/mol. The van der Waals surface area contributed by atoms with E-state index in [9.17, 15) is 19.2 Å². The summed E-state index contributed by atoms with van der Waals surface area (Å²) in [5.41, 5.74) is 2.11. The second kappa shape index (κ2) is 7.79. The van der Waals surface area contributed by atoms with Gasteiger partial charge in [-0.25, -0.2) is 4.90 Å². The number of hydrogen-bond donors (Lipinski definition) is 0. The van der Waals surface area contributed by atoms with Crippen LogP contribution < -0.4 is 14.5 Å². The highest BCUT2D eigenvalue weighted by Gasteiger charge is 2.61. The summed E-state index contributed by atoms with van der Waals surface area (Å²) in [7, 11) is 0. The third-order valence-corrected chi connectivity index (χ3v) is 8.02. The Balaban J connectivity index is 1.22. The topological polar surface area (TPSA) is 84.0 Å². The quantitative estimate of drug-likeness (QED) is 0.398. The molecule has 2 aromatic rings. The van der Waals surface area contributed by atoms with Crippen LogP contribution in [0.5, 0.6) is 5.75 Å². The molecule has 2 bridgehead atoms. The fraction of sp³-hybridized carbons (Fsp3) is 0.407. The van der Waals surface area contributed by atoms with Gasteiger partial charge in [0.15, 0.2) is 5.75 Å². The van der Waals surface area contributed by atoms with E-state index in [1.165, 1.54) is 4.90 Å². The van der Waals surface area contributed by atoms with Gasteiger partial charge in [-0.3, -0.25) is 19.2 Å². The summed E-state index contributed by atoms with van der Waals surface area (Å²) in [6, 6.07) is 14.3. The van der Waals surface area contributed by atoms with E-state index in [0.29, 0.717) is 5.69 Å². The first-order chi connectivity index (χ1) is 16.4. The second-order valence-corrected chi connectivity index (χ2v) is 10.0. The van der Waals surface area contributed by atoms with E-state index < -0.39 is 11.9 Å². The average molecular weight is 459 g/mol. The smallest absolute Gasteiger partial charge is 0.316 e. The summed E-state index contributed by atoms with van der Waals surface area (Å²) in [5, 5.41) is 0. The summed E-state index contributed by atoms with van der Waals surface area (Å²) in [6.07, 6.45) is 3.03. The lowest BCUT2D eigenvalue weighted by atomic mass is 9.81. The summed E-state index contributed by atoms with van der Waals surface area (Å²) in [5.74, 6) is -1.38. The molecule has 34 heavy (non-hydrogen) atoms. The van der Waals surface area contributed by atoms with Crippen LogP contribution >= 0.6 is 0 Å². The van der Waals surface area contributed by atoms with Gasteiger partial charge < -0.3 is 9.64 Å². The molecule has 0 spiro atoms. The number of carbonyl (C=O) groups excluding carboxylic acids is 4. The highest BCUT2D eigenvalue weighted by Crippen LogP contribution is 2.57. The van der Waals surface area contributed by atoms with E-state index in [1.54, 1.807) is 29.2 Å². The number of nitrogens with zero attached hydrogens (tertiary/aromatic N) is 2. The number of hydrogen-bond acceptors (Lipinski definition) is 5. The van der Waals surface area contributed by atoms with Crippen LogP contribution in [0.15, 0.2) is 48.5 Å². The van der Waals surface area contributed by atoms with E-state index in [-0.39, 0.29) is 60.1 Å². The van der Waals surface area contributed by atoms with Gasteiger partial charge >= 0.3 is 5.97 Å². The summed E-state index contributed by atoms with van der Waals surface area (Å²) >= 11 is 0. The molecule has 2 heterocycles. The SMILES string of the molecule is Cc1cccc(N2C[C@H](C(=O)Oc3ccccc3N3C(=O)[C@H]4[C@H]5CC[C@@H](C5)[C@@H]4C3=O)CC2=O)c1. The van der Waals surface area contributed by atoms with Crippen LogP contribution in [0.1, 0.15) is 31.2 Å². The zero-order valence-corrected chi connectivity index (χ0v) is 19.0. The third-order valence-electron chi connectivity index (χ3n) is 8.02. The Bertz CT molecular complexity index is 1200. The number of carbonyl (C=O) groups is 4. The number of amides is 3. The lowest BCUT2D eigenvalue weighted by molar-refractivity contribution is -0.139. The molecule has 0 N–H and O–H groups in total. The average Bonchev–Trinajstić information content (AvgIpc) is 3.58. The molecule has 7 heteroatoms. The minimum absolute atomic E-state index is 0.0595. The molecule has 2 aliphatic heterocycles. The first-order valence-corrected chi connectivity index (χ1v) is 12.0. The Labute approximate surface area is 197 Å². The number of anilines is 2. The Hall–Kier alpha value is -3.48. The van der Waals surface area contributed by atoms with Crippen molar-refractivity contribution in [3.05, 3.63) is 54.1 Å². The molecule has 5 atom stereocenters. The zero-order chi connectivity index (χ0) is 23.6.